The Morgan fingerprint density at radius 3 is 2.55 bits per heavy atom. The predicted octanol–water partition coefficient (Wildman–Crippen LogP) is 3.67. The molecule has 1 saturated heterocycles. The molecule has 0 radical (unpaired) electrons. The van der Waals surface area contributed by atoms with E-state index in [0.717, 1.165) is 36.2 Å². The first-order chi connectivity index (χ1) is 16.2. The number of ether oxygens (including phenoxy) is 1. The van der Waals surface area contributed by atoms with Gasteiger partial charge in [-0.1, -0.05) is 24.3 Å². The molecule has 164 valence electrons. The van der Waals surface area contributed by atoms with Crippen LogP contribution in [0.1, 0.15) is 34.3 Å². The van der Waals surface area contributed by atoms with E-state index in [9.17, 15) is 10.1 Å². The third-order valence-corrected chi connectivity index (χ3v) is 6.96. The molecule has 7 heteroatoms. The van der Waals surface area contributed by atoms with Gasteiger partial charge in [0.2, 0.25) is 5.95 Å². The van der Waals surface area contributed by atoms with Crippen LogP contribution < -0.4 is 4.90 Å². The lowest BCUT2D eigenvalue weighted by molar-refractivity contribution is 0.0303. The molecular weight excluding hydrogens is 414 g/mol. The summed E-state index contributed by atoms with van der Waals surface area (Å²) in [6, 6.07) is 15.8. The minimum absolute atomic E-state index is 0.0437. The maximum Gasteiger partial charge on any atom is 0.254 e. The average molecular weight is 438 g/mol. The minimum atomic E-state index is 0.0437. The Labute approximate surface area is 192 Å². The zero-order valence-corrected chi connectivity index (χ0v) is 18.2. The molecule has 1 saturated carbocycles. The number of carbonyl (C=O) groups is 1. The Balaban J connectivity index is 1.33. The Bertz CT molecular complexity index is 1270. The second kappa shape index (κ2) is 7.68. The lowest BCUT2D eigenvalue weighted by atomic mass is 9.97. The first-order valence-electron chi connectivity index (χ1n) is 11.3. The number of benzene rings is 2. The van der Waals surface area contributed by atoms with E-state index in [-0.39, 0.29) is 11.3 Å². The van der Waals surface area contributed by atoms with E-state index in [1.54, 1.807) is 18.5 Å². The topological polar surface area (TPSA) is 82.4 Å². The largest absolute Gasteiger partial charge is 0.378 e. The standard InChI is InChI=1S/C26H23N5O2/c27-14-19-3-1-2-4-21(19)20-15-28-25(29-16-20)31-17-26(7-8-26)22-6-5-18(13-23(22)31)24(32)30-9-11-33-12-10-30/h1-6,13,15-16H,7-12,17H2. The first-order valence-corrected chi connectivity index (χ1v) is 11.3. The molecule has 1 amide bonds. The molecule has 0 N–H and O–H groups in total. The summed E-state index contributed by atoms with van der Waals surface area (Å²) in [5.74, 6) is 0.663. The van der Waals surface area contributed by atoms with E-state index in [2.05, 4.69) is 27.0 Å². The Kier molecular flexibility index (Phi) is 4.63. The lowest BCUT2D eigenvalue weighted by Gasteiger charge is -2.27. The highest BCUT2D eigenvalue weighted by Crippen LogP contribution is 2.57. The van der Waals surface area contributed by atoms with Gasteiger partial charge in [0, 0.05) is 59.8 Å². The highest BCUT2D eigenvalue weighted by atomic mass is 16.5. The van der Waals surface area contributed by atoms with Crippen molar-refractivity contribution in [2.45, 2.75) is 18.3 Å². The molecule has 7 nitrogen and oxygen atoms in total. The van der Waals surface area contributed by atoms with E-state index < -0.39 is 0 Å². The molecule has 1 aliphatic carbocycles. The van der Waals surface area contributed by atoms with Crippen molar-refractivity contribution >= 4 is 17.5 Å². The Morgan fingerprint density at radius 2 is 1.82 bits per heavy atom. The van der Waals surface area contributed by atoms with Crippen LogP contribution in [0, 0.1) is 11.3 Å². The van der Waals surface area contributed by atoms with Crippen molar-refractivity contribution in [1.82, 2.24) is 14.9 Å². The predicted molar refractivity (Wildman–Crippen MR) is 123 cm³/mol. The number of nitrogens with zero attached hydrogens (tertiary/aromatic N) is 5. The maximum atomic E-state index is 13.1. The number of hydrogen-bond donors (Lipinski definition) is 0. The summed E-state index contributed by atoms with van der Waals surface area (Å²) in [7, 11) is 0. The van der Waals surface area contributed by atoms with Crippen LogP contribution in [0.2, 0.25) is 0 Å². The van der Waals surface area contributed by atoms with Crippen molar-refractivity contribution in [2.75, 3.05) is 37.7 Å². The van der Waals surface area contributed by atoms with Crippen LogP contribution in [0.4, 0.5) is 11.6 Å². The second-order valence-electron chi connectivity index (χ2n) is 8.93. The number of nitriles is 1. The van der Waals surface area contributed by atoms with Crippen molar-refractivity contribution in [3.63, 3.8) is 0 Å². The van der Waals surface area contributed by atoms with Gasteiger partial charge in [0.1, 0.15) is 0 Å². The average Bonchev–Trinajstić information content (AvgIpc) is 3.60. The van der Waals surface area contributed by atoms with Crippen LogP contribution in [-0.2, 0) is 10.2 Å². The monoisotopic (exact) mass is 437 g/mol. The fourth-order valence-electron chi connectivity index (χ4n) is 4.95. The molecule has 3 heterocycles. The summed E-state index contributed by atoms with van der Waals surface area (Å²) in [4.78, 5) is 26.4. The highest BCUT2D eigenvalue weighted by molar-refractivity contribution is 5.96. The van der Waals surface area contributed by atoms with Gasteiger partial charge in [0.25, 0.3) is 5.91 Å². The SMILES string of the molecule is N#Cc1ccccc1-c1cnc(N2CC3(CC3)c3ccc(C(=O)N4CCOCC4)cc32)nc1. The van der Waals surface area contributed by atoms with Crippen LogP contribution in [0.5, 0.6) is 0 Å². The van der Waals surface area contributed by atoms with Gasteiger partial charge in [-0.25, -0.2) is 9.97 Å². The normalized spacial score (nSPS) is 18.2. The quantitative estimate of drug-likeness (QED) is 0.622. The molecule has 1 aromatic heterocycles. The van der Waals surface area contributed by atoms with Crippen LogP contribution in [0.3, 0.4) is 0 Å². The Morgan fingerprint density at radius 1 is 1.06 bits per heavy atom. The number of fused-ring (bicyclic) bond motifs is 2. The van der Waals surface area contributed by atoms with Crippen LogP contribution in [0.15, 0.2) is 54.9 Å². The fourth-order valence-corrected chi connectivity index (χ4v) is 4.95. The number of rotatable bonds is 3. The smallest absolute Gasteiger partial charge is 0.254 e. The van der Waals surface area contributed by atoms with Crippen LogP contribution >= 0.6 is 0 Å². The van der Waals surface area contributed by atoms with E-state index in [1.165, 1.54) is 5.56 Å². The molecule has 6 rings (SSSR count). The van der Waals surface area contributed by atoms with Crippen LogP contribution in [-0.4, -0.2) is 53.6 Å². The van der Waals surface area contributed by atoms with Crippen molar-refractivity contribution in [3.05, 3.63) is 71.5 Å². The van der Waals surface area contributed by atoms with Crippen molar-refractivity contribution in [3.8, 4) is 17.2 Å². The summed E-state index contributed by atoms with van der Waals surface area (Å²) in [5.41, 5.74) is 5.38. The second-order valence-corrected chi connectivity index (χ2v) is 8.93. The minimum Gasteiger partial charge on any atom is -0.378 e. The van der Waals surface area contributed by atoms with E-state index in [4.69, 9.17) is 4.74 Å². The van der Waals surface area contributed by atoms with Crippen molar-refractivity contribution in [1.29, 1.82) is 5.26 Å². The molecule has 33 heavy (non-hydrogen) atoms. The van der Waals surface area contributed by atoms with Gasteiger partial charge in [0.05, 0.1) is 24.8 Å². The van der Waals surface area contributed by atoms with Crippen molar-refractivity contribution in [2.24, 2.45) is 0 Å². The maximum absolute atomic E-state index is 13.1. The van der Waals surface area contributed by atoms with Gasteiger partial charge in [-0.2, -0.15) is 5.26 Å². The highest BCUT2D eigenvalue weighted by Gasteiger charge is 2.52. The number of hydrogen-bond acceptors (Lipinski definition) is 6. The van der Waals surface area contributed by atoms with E-state index in [0.29, 0.717) is 43.4 Å². The third kappa shape index (κ3) is 3.35. The van der Waals surface area contributed by atoms with Gasteiger partial charge < -0.3 is 14.5 Å². The molecular formula is C26H23N5O2. The zero-order valence-electron chi connectivity index (χ0n) is 18.2. The third-order valence-electron chi connectivity index (χ3n) is 6.96. The van der Waals surface area contributed by atoms with E-state index >= 15 is 0 Å². The molecule has 1 spiro atoms. The fraction of sp³-hybridized carbons (Fsp3) is 0.308. The molecule has 3 aromatic rings. The molecule has 2 aliphatic heterocycles. The number of carbonyl (C=O) groups excluding carboxylic acids is 1. The zero-order chi connectivity index (χ0) is 22.4. The summed E-state index contributed by atoms with van der Waals surface area (Å²) in [6.07, 6.45) is 5.83. The molecule has 0 unspecified atom stereocenters. The number of aromatic nitrogens is 2. The number of anilines is 2. The van der Waals surface area contributed by atoms with E-state index in [1.807, 2.05) is 35.2 Å². The van der Waals surface area contributed by atoms with Gasteiger partial charge in [-0.05, 0) is 36.6 Å². The lowest BCUT2D eigenvalue weighted by Crippen LogP contribution is -2.40. The molecule has 0 atom stereocenters. The molecule has 2 aromatic carbocycles. The number of morpholine rings is 1. The summed E-state index contributed by atoms with van der Waals surface area (Å²) >= 11 is 0. The molecule has 2 fully saturated rings. The van der Waals surface area contributed by atoms with Gasteiger partial charge in [-0.3, -0.25) is 4.79 Å². The Hall–Kier alpha value is -3.76. The molecule has 3 aliphatic rings. The molecule has 0 bridgehead atoms. The first kappa shape index (κ1) is 19.9. The summed E-state index contributed by atoms with van der Waals surface area (Å²) in [6.45, 7) is 3.24. The van der Waals surface area contributed by atoms with Gasteiger partial charge in [0.15, 0.2) is 0 Å². The van der Waals surface area contributed by atoms with Crippen LogP contribution in [0.25, 0.3) is 11.1 Å². The number of amides is 1. The summed E-state index contributed by atoms with van der Waals surface area (Å²) in [5, 5.41) is 9.41. The van der Waals surface area contributed by atoms with Crippen molar-refractivity contribution < 1.29 is 9.53 Å². The van der Waals surface area contributed by atoms with Gasteiger partial charge >= 0.3 is 0 Å². The van der Waals surface area contributed by atoms with Gasteiger partial charge in [-0.15, -0.1) is 0 Å². The summed E-state index contributed by atoms with van der Waals surface area (Å²) < 4.78 is 5.39.